The van der Waals surface area contributed by atoms with Crippen molar-refractivity contribution < 1.29 is 14.6 Å². The summed E-state index contributed by atoms with van der Waals surface area (Å²) < 4.78 is 6.04. The van der Waals surface area contributed by atoms with E-state index in [0.717, 1.165) is 43.2 Å². The number of hydrogen-bond donors (Lipinski definition) is 3. The highest BCUT2D eigenvalue weighted by Crippen LogP contribution is 2.50. The lowest BCUT2D eigenvalue weighted by molar-refractivity contribution is 0.157. The van der Waals surface area contributed by atoms with E-state index >= 15 is 0 Å². The van der Waals surface area contributed by atoms with Gasteiger partial charge in [0.15, 0.2) is 0 Å². The van der Waals surface area contributed by atoms with Crippen LogP contribution in [0.5, 0.6) is 5.75 Å². The summed E-state index contributed by atoms with van der Waals surface area (Å²) in [6.07, 6.45) is 7.34. The lowest BCUT2D eigenvalue weighted by Crippen LogP contribution is -2.43. The number of benzene rings is 1. The highest BCUT2D eigenvalue weighted by Gasteiger charge is 2.50. The molecular formula is C21H27N3O3. The van der Waals surface area contributed by atoms with Crippen molar-refractivity contribution in [3.8, 4) is 16.9 Å². The number of carbonyl (C=O) groups is 1. The van der Waals surface area contributed by atoms with Gasteiger partial charge in [-0.25, -0.2) is 4.79 Å². The van der Waals surface area contributed by atoms with E-state index in [9.17, 15) is 9.90 Å². The van der Waals surface area contributed by atoms with Crippen LogP contribution in [0.1, 0.15) is 39.0 Å². The molecule has 1 heterocycles. The number of rotatable bonds is 9. The minimum atomic E-state index is -0.965. The molecule has 1 saturated carbocycles. The predicted molar refractivity (Wildman–Crippen MR) is 106 cm³/mol. The fraction of sp³-hybridized carbons (Fsp3) is 0.429. The molecule has 0 aliphatic heterocycles. The molecule has 0 bridgehead atoms. The van der Waals surface area contributed by atoms with Crippen LogP contribution in [0.2, 0.25) is 0 Å². The van der Waals surface area contributed by atoms with Crippen molar-refractivity contribution in [3.63, 3.8) is 0 Å². The maximum atomic E-state index is 11.2. The van der Waals surface area contributed by atoms with Gasteiger partial charge in [-0.1, -0.05) is 31.9 Å². The molecule has 2 aromatic rings. The number of nitrogen functional groups attached to an aromatic ring is 1. The van der Waals surface area contributed by atoms with E-state index in [1.165, 1.54) is 0 Å². The lowest BCUT2D eigenvalue weighted by atomic mass is 9.92. The van der Waals surface area contributed by atoms with Gasteiger partial charge in [-0.15, -0.1) is 0 Å². The molecule has 4 N–H and O–H groups in total. The maximum Gasteiger partial charge on any atom is 0.404 e. The normalized spacial score (nSPS) is 15.7. The van der Waals surface area contributed by atoms with Gasteiger partial charge in [0, 0.05) is 28.9 Å². The van der Waals surface area contributed by atoms with Gasteiger partial charge >= 0.3 is 6.09 Å². The Balaban J connectivity index is 1.68. The second kappa shape index (κ2) is 8.29. The molecule has 0 radical (unpaired) electrons. The summed E-state index contributed by atoms with van der Waals surface area (Å²) in [5.74, 6) is 0.686. The zero-order chi connectivity index (χ0) is 19.3. The van der Waals surface area contributed by atoms with Crippen molar-refractivity contribution in [3.05, 3.63) is 42.7 Å². The largest absolute Gasteiger partial charge is 0.491 e. The molecule has 27 heavy (non-hydrogen) atoms. The molecule has 0 spiro atoms. The molecule has 6 heteroatoms. The number of nitrogens with zero attached hydrogens (tertiary/aromatic N) is 1. The van der Waals surface area contributed by atoms with Gasteiger partial charge < -0.3 is 20.9 Å². The SMILES string of the molecule is CCCCC(NC(=O)O)C1(COc2cncc(-c3cccc(N)c3)c2)CC1. The maximum absolute atomic E-state index is 11.2. The van der Waals surface area contributed by atoms with Crippen LogP contribution in [0.15, 0.2) is 42.7 Å². The summed E-state index contributed by atoms with van der Waals surface area (Å²) in [4.78, 5) is 15.5. The highest BCUT2D eigenvalue weighted by molar-refractivity contribution is 5.67. The van der Waals surface area contributed by atoms with Gasteiger partial charge in [-0.05, 0) is 43.0 Å². The van der Waals surface area contributed by atoms with Crippen molar-refractivity contribution in [1.29, 1.82) is 0 Å². The van der Waals surface area contributed by atoms with Crippen LogP contribution in [0.25, 0.3) is 11.1 Å². The van der Waals surface area contributed by atoms with Crippen LogP contribution >= 0.6 is 0 Å². The minimum absolute atomic E-state index is 0.0694. The molecule has 1 amide bonds. The second-order valence-corrected chi connectivity index (χ2v) is 7.33. The third-order valence-electron chi connectivity index (χ3n) is 5.23. The molecule has 1 aliphatic rings. The van der Waals surface area contributed by atoms with Crippen molar-refractivity contribution >= 4 is 11.8 Å². The van der Waals surface area contributed by atoms with Gasteiger partial charge in [-0.3, -0.25) is 4.98 Å². The van der Waals surface area contributed by atoms with Crippen molar-refractivity contribution in [1.82, 2.24) is 10.3 Å². The fourth-order valence-corrected chi connectivity index (χ4v) is 3.44. The van der Waals surface area contributed by atoms with Crippen LogP contribution in [-0.4, -0.2) is 28.8 Å². The Morgan fingerprint density at radius 1 is 1.33 bits per heavy atom. The molecule has 3 rings (SSSR count). The number of aromatic nitrogens is 1. The van der Waals surface area contributed by atoms with Gasteiger partial charge in [0.1, 0.15) is 5.75 Å². The molecule has 1 fully saturated rings. The van der Waals surface area contributed by atoms with Crippen LogP contribution in [-0.2, 0) is 0 Å². The van der Waals surface area contributed by atoms with Crippen LogP contribution in [0.3, 0.4) is 0 Å². The Labute approximate surface area is 159 Å². The summed E-state index contributed by atoms with van der Waals surface area (Å²) in [6, 6.07) is 9.52. The number of ether oxygens (including phenoxy) is 1. The molecule has 0 saturated heterocycles. The first-order valence-corrected chi connectivity index (χ1v) is 9.46. The first-order valence-electron chi connectivity index (χ1n) is 9.46. The van der Waals surface area contributed by atoms with Gasteiger partial charge in [0.25, 0.3) is 0 Å². The zero-order valence-electron chi connectivity index (χ0n) is 15.6. The zero-order valence-corrected chi connectivity index (χ0v) is 15.6. The topological polar surface area (TPSA) is 97.5 Å². The number of amides is 1. The molecule has 1 aromatic heterocycles. The summed E-state index contributed by atoms with van der Waals surface area (Å²) >= 11 is 0. The van der Waals surface area contributed by atoms with E-state index in [0.29, 0.717) is 18.0 Å². The second-order valence-electron chi connectivity index (χ2n) is 7.33. The quantitative estimate of drug-likeness (QED) is 0.572. The molecule has 6 nitrogen and oxygen atoms in total. The number of nitrogens with one attached hydrogen (secondary N) is 1. The molecule has 144 valence electrons. The number of carboxylic acid groups (broad SMARTS) is 1. The van der Waals surface area contributed by atoms with Crippen molar-refractivity contribution in [2.24, 2.45) is 5.41 Å². The van der Waals surface area contributed by atoms with Crippen LogP contribution in [0.4, 0.5) is 10.5 Å². The Hall–Kier alpha value is -2.76. The Kier molecular flexibility index (Phi) is 5.84. The number of unbranched alkanes of at least 4 members (excludes halogenated alkanes) is 1. The van der Waals surface area contributed by atoms with E-state index in [2.05, 4.69) is 17.2 Å². The molecule has 1 unspecified atom stereocenters. The Bertz CT molecular complexity index is 790. The Morgan fingerprint density at radius 2 is 2.15 bits per heavy atom. The van der Waals surface area contributed by atoms with Crippen molar-refractivity contribution in [2.75, 3.05) is 12.3 Å². The number of nitrogens with two attached hydrogens (primary N) is 1. The third-order valence-corrected chi connectivity index (χ3v) is 5.23. The van der Waals surface area contributed by atoms with Crippen LogP contribution in [0, 0.1) is 5.41 Å². The third kappa shape index (κ3) is 4.90. The lowest BCUT2D eigenvalue weighted by Gasteiger charge is -2.27. The first-order chi connectivity index (χ1) is 13.0. The minimum Gasteiger partial charge on any atom is -0.491 e. The molecular weight excluding hydrogens is 342 g/mol. The number of pyridine rings is 1. The number of anilines is 1. The van der Waals surface area contributed by atoms with Crippen LogP contribution < -0.4 is 15.8 Å². The van der Waals surface area contributed by atoms with Gasteiger partial charge in [0.2, 0.25) is 0 Å². The Morgan fingerprint density at radius 3 is 2.81 bits per heavy atom. The van der Waals surface area contributed by atoms with E-state index < -0.39 is 6.09 Å². The van der Waals surface area contributed by atoms with Gasteiger partial charge in [0.05, 0.1) is 12.8 Å². The van der Waals surface area contributed by atoms with Gasteiger partial charge in [-0.2, -0.15) is 0 Å². The predicted octanol–water partition coefficient (Wildman–Crippen LogP) is 4.32. The van der Waals surface area contributed by atoms with E-state index in [-0.39, 0.29) is 11.5 Å². The van der Waals surface area contributed by atoms with E-state index in [1.54, 1.807) is 12.4 Å². The van der Waals surface area contributed by atoms with E-state index in [4.69, 9.17) is 10.5 Å². The van der Waals surface area contributed by atoms with Crippen molar-refractivity contribution in [2.45, 2.75) is 45.1 Å². The standard InChI is InChI=1S/C21H27N3O3/c1-2-3-7-19(24-20(25)26)21(8-9-21)14-27-18-11-16(12-23-13-18)15-5-4-6-17(22)10-15/h4-6,10-13,19,24H,2-3,7-9,14,22H2,1H3,(H,25,26). The number of hydrogen-bond acceptors (Lipinski definition) is 4. The fourth-order valence-electron chi connectivity index (χ4n) is 3.44. The summed E-state index contributed by atoms with van der Waals surface area (Å²) in [7, 11) is 0. The average Bonchev–Trinajstić information content (AvgIpc) is 3.45. The summed E-state index contributed by atoms with van der Waals surface area (Å²) in [5, 5.41) is 11.9. The smallest absolute Gasteiger partial charge is 0.404 e. The highest BCUT2D eigenvalue weighted by atomic mass is 16.5. The summed E-state index contributed by atoms with van der Waals surface area (Å²) in [6.45, 7) is 2.60. The molecule has 1 aromatic carbocycles. The molecule has 1 aliphatic carbocycles. The van der Waals surface area contributed by atoms with E-state index in [1.807, 2.05) is 30.3 Å². The summed E-state index contributed by atoms with van der Waals surface area (Å²) in [5.41, 5.74) is 8.39. The first kappa shape index (κ1) is 19.0. The monoisotopic (exact) mass is 369 g/mol. The molecule has 1 atom stereocenters. The average molecular weight is 369 g/mol.